The zero-order valence-corrected chi connectivity index (χ0v) is 10.8. The van der Waals surface area contributed by atoms with E-state index in [0.717, 1.165) is 5.56 Å². The van der Waals surface area contributed by atoms with E-state index in [1.165, 1.54) is 0 Å². The van der Waals surface area contributed by atoms with Gasteiger partial charge in [-0.05, 0) is 24.1 Å². The first kappa shape index (κ1) is 13.7. The molecule has 0 bridgehead atoms. The van der Waals surface area contributed by atoms with Crippen molar-refractivity contribution in [3.05, 3.63) is 29.8 Å². The van der Waals surface area contributed by atoms with Crippen molar-refractivity contribution < 1.29 is 9.00 Å². The van der Waals surface area contributed by atoms with Crippen LogP contribution in [0, 0.1) is 0 Å². The third-order valence-corrected chi connectivity index (χ3v) is 3.08. The zero-order valence-electron chi connectivity index (χ0n) is 9.94. The highest BCUT2D eigenvalue weighted by molar-refractivity contribution is 7.84. The van der Waals surface area contributed by atoms with Crippen molar-refractivity contribution in [1.29, 1.82) is 0 Å². The summed E-state index contributed by atoms with van der Waals surface area (Å²) in [7, 11) is -0.856. The standard InChI is InChI=1S/C12H18N2O2S/c1-17(16)8-7-14-12(15)6-5-10-3-2-4-11(13)9-10/h2-4,9H,5-8,13H2,1H3,(H,14,15). The first-order valence-corrected chi connectivity index (χ1v) is 7.22. The Morgan fingerprint density at radius 3 is 2.88 bits per heavy atom. The monoisotopic (exact) mass is 254 g/mol. The molecule has 0 radical (unpaired) electrons. The summed E-state index contributed by atoms with van der Waals surface area (Å²) in [6, 6.07) is 7.52. The number of carbonyl (C=O) groups excluding carboxylic acids is 1. The van der Waals surface area contributed by atoms with Gasteiger partial charge in [0.15, 0.2) is 0 Å². The van der Waals surface area contributed by atoms with Gasteiger partial charge >= 0.3 is 0 Å². The number of hydrogen-bond donors (Lipinski definition) is 2. The lowest BCUT2D eigenvalue weighted by Gasteiger charge is -2.04. The number of benzene rings is 1. The number of aryl methyl sites for hydroxylation is 1. The molecule has 0 saturated carbocycles. The minimum atomic E-state index is -0.856. The van der Waals surface area contributed by atoms with Gasteiger partial charge in [-0.25, -0.2) is 0 Å². The Morgan fingerprint density at radius 1 is 1.47 bits per heavy atom. The number of nitrogen functional groups attached to an aromatic ring is 1. The average Bonchev–Trinajstić information content (AvgIpc) is 2.26. The van der Waals surface area contributed by atoms with E-state index in [1.807, 2.05) is 24.3 Å². The molecule has 0 heterocycles. The highest BCUT2D eigenvalue weighted by Gasteiger charge is 2.02. The highest BCUT2D eigenvalue weighted by atomic mass is 32.2. The summed E-state index contributed by atoms with van der Waals surface area (Å²) in [6.07, 6.45) is 2.73. The quantitative estimate of drug-likeness (QED) is 0.734. The summed E-state index contributed by atoms with van der Waals surface area (Å²) >= 11 is 0. The molecule has 0 fully saturated rings. The lowest BCUT2D eigenvalue weighted by Crippen LogP contribution is -2.27. The van der Waals surface area contributed by atoms with Crippen molar-refractivity contribution in [3.63, 3.8) is 0 Å². The first-order valence-electron chi connectivity index (χ1n) is 5.49. The largest absolute Gasteiger partial charge is 0.399 e. The van der Waals surface area contributed by atoms with Gasteiger partial charge in [-0.1, -0.05) is 12.1 Å². The summed E-state index contributed by atoms with van der Waals surface area (Å²) in [5.41, 5.74) is 7.41. The molecule has 1 unspecified atom stereocenters. The fraction of sp³-hybridized carbons (Fsp3) is 0.417. The van der Waals surface area contributed by atoms with Crippen LogP contribution in [0.2, 0.25) is 0 Å². The van der Waals surface area contributed by atoms with Gasteiger partial charge in [0.2, 0.25) is 5.91 Å². The maximum atomic E-state index is 11.4. The fourth-order valence-corrected chi connectivity index (χ4v) is 1.82. The normalized spacial score (nSPS) is 12.1. The second-order valence-corrected chi connectivity index (χ2v) is 5.43. The summed E-state index contributed by atoms with van der Waals surface area (Å²) in [4.78, 5) is 11.4. The molecule has 1 rings (SSSR count). The van der Waals surface area contributed by atoms with Crippen molar-refractivity contribution >= 4 is 22.4 Å². The van der Waals surface area contributed by atoms with Gasteiger partial charge in [0.05, 0.1) is 0 Å². The lowest BCUT2D eigenvalue weighted by molar-refractivity contribution is -0.120. The Labute approximate surface area is 104 Å². The Bertz CT molecular complexity index is 407. The lowest BCUT2D eigenvalue weighted by atomic mass is 10.1. The van der Waals surface area contributed by atoms with Crippen molar-refractivity contribution in [1.82, 2.24) is 5.32 Å². The number of amides is 1. The molecule has 1 amide bonds. The van der Waals surface area contributed by atoms with Gasteiger partial charge in [-0.3, -0.25) is 9.00 Å². The molecule has 0 aliphatic rings. The molecule has 3 N–H and O–H groups in total. The van der Waals surface area contributed by atoms with Gasteiger partial charge in [-0.2, -0.15) is 0 Å². The van der Waals surface area contributed by atoms with Crippen molar-refractivity contribution in [3.8, 4) is 0 Å². The van der Waals surface area contributed by atoms with Crippen molar-refractivity contribution in [2.45, 2.75) is 12.8 Å². The molecule has 1 atom stereocenters. The van der Waals surface area contributed by atoms with Crippen LogP contribution in [0.4, 0.5) is 5.69 Å². The maximum absolute atomic E-state index is 11.4. The SMILES string of the molecule is CS(=O)CCNC(=O)CCc1cccc(N)c1. The van der Waals surface area contributed by atoms with Crippen LogP contribution >= 0.6 is 0 Å². The number of rotatable bonds is 6. The maximum Gasteiger partial charge on any atom is 0.220 e. The van der Waals surface area contributed by atoms with E-state index in [1.54, 1.807) is 6.26 Å². The van der Waals surface area contributed by atoms with Crippen LogP contribution in [-0.2, 0) is 22.0 Å². The van der Waals surface area contributed by atoms with Crippen LogP contribution in [0.1, 0.15) is 12.0 Å². The van der Waals surface area contributed by atoms with Gasteiger partial charge in [0.1, 0.15) is 0 Å². The predicted molar refractivity (Wildman–Crippen MR) is 71.1 cm³/mol. The van der Waals surface area contributed by atoms with E-state index >= 15 is 0 Å². The van der Waals surface area contributed by atoms with Crippen LogP contribution in [0.3, 0.4) is 0 Å². The molecule has 0 aliphatic heterocycles. The summed E-state index contributed by atoms with van der Waals surface area (Å²) < 4.78 is 10.8. The number of nitrogens with one attached hydrogen (secondary N) is 1. The molecule has 17 heavy (non-hydrogen) atoms. The predicted octanol–water partition coefficient (Wildman–Crippen LogP) is 0.696. The van der Waals surface area contributed by atoms with Crippen LogP contribution < -0.4 is 11.1 Å². The third kappa shape index (κ3) is 6.06. The molecule has 1 aromatic carbocycles. The van der Waals surface area contributed by atoms with Gasteiger partial charge in [0, 0.05) is 41.5 Å². The Hall–Kier alpha value is -1.36. The molecule has 5 heteroatoms. The van der Waals surface area contributed by atoms with Gasteiger partial charge in [-0.15, -0.1) is 0 Å². The summed E-state index contributed by atoms with van der Waals surface area (Å²) in [5, 5.41) is 2.74. The molecule has 94 valence electrons. The van der Waals surface area contributed by atoms with E-state index in [9.17, 15) is 9.00 Å². The molecule has 0 saturated heterocycles. The molecule has 4 nitrogen and oxygen atoms in total. The molecule has 0 spiro atoms. The van der Waals surface area contributed by atoms with Crippen molar-refractivity contribution in [2.75, 3.05) is 24.3 Å². The number of hydrogen-bond acceptors (Lipinski definition) is 3. The molecule has 1 aromatic rings. The van der Waals surface area contributed by atoms with E-state index in [4.69, 9.17) is 5.73 Å². The number of anilines is 1. The van der Waals surface area contributed by atoms with Crippen LogP contribution in [0.5, 0.6) is 0 Å². The number of nitrogens with two attached hydrogens (primary N) is 1. The fourth-order valence-electron chi connectivity index (χ4n) is 1.43. The van der Waals surface area contributed by atoms with E-state index in [-0.39, 0.29) is 5.91 Å². The minimum Gasteiger partial charge on any atom is -0.399 e. The molecular weight excluding hydrogens is 236 g/mol. The Balaban J connectivity index is 2.26. The van der Waals surface area contributed by atoms with Crippen LogP contribution in [0.25, 0.3) is 0 Å². The highest BCUT2D eigenvalue weighted by Crippen LogP contribution is 2.08. The second kappa shape index (κ2) is 7.06. The first-order chi connectivity index (χ1) is 8.08. The van der Waals surface area contributed by atoms with E-state index < -0.39 is 10.8 Å². The minimum absolute atomic E-state index is 0.0159. The van der Waals surface area contributed by atoms with Crippen LogP contribution in [-0.4, -0.2) is 28.7 Å². The molecule has 0 aromatic heterocycles. The Morgan fingerprint density at radius 2 is 2.24 bits per heavy atom. The summed E-state index contributed by atoms with van der Waals surface area (Å²) in [5.74, 6) is 0.488. The third-order valence-electron chi connectivity index (χ3n) is 2.30. The van der Waals surface area contributed by atoms with Gasteiger partial charge < -0.3 is 11.1 Å². The second-order valence-electron chi connectivity index (χ2n) is 3.87. The molecule has 0 aliphatic carbocycles. The summed E-state index contributed by atoms with van der Waals surface area (Å²) in [6.45, 7) is 0.471. The van der Waals surface area contributed by atoms with Crippen LogP contribution in [0.15, 0.2) is 24.3 Å². The zero-order chi connectivity index (χ0) is 12.7. The average molecular weight is 254 g/mol. The van der Waals surface area contributed by atoms with E-state index in [0.29, 0.717) is 30.8 Å². The smallest absolute Gasteiger partial charge is 0.220 e. The Kier molecular flexibility index (Phi) is 5.69. The number of carbonyl (C=O) groups is 1. The van der Waals surface area contributed by atoms with E-state index in [2.05, 4.69) is 5.32 Å². The topological polar surface area (TPSA) is 72.2 Å². The molecular formula is C12H18N2O2S. The van der Waals surface area contributed by atoms with Crippen molar-refractivity contribution in [2.24, 2.45) is 0 Å². The van der Waals surface area contributed by atoms with Gasteiger partial charge in [0.25, 0.3) is 0 Å².